The van der Waals surface area contributed by atoms with E-state index in [0.717, 1.165) is 25.8 Å². The second kappa shape index (κ2) is 4.05. The number of aromatic nitrogens is 3. The monoisotopic (exact) mass is 261 g/mol. The van der Waals surface area contributed by atoms with Crippen LogP contribution in [0.25, 0.3) is 20.8 Å². The fraction of sp³-hybridized carbons (Fsp3) is 0.0833. The highest BCUT2D eigenvalue weighted by atomic mass is 35.5. The first-order valence-electron chi connectivity index (χ1n) is 5.09. The van der Waals surface area contributed by atoms with E-state index in [1.165, 1.54) is 0 Å². The Morgan fingerprint density at radius 1 is 1.12 bits per heavy atom. The van der Waals surface area contributed by atoms with Gasteiger partial charge >= 0.3 is 0 Å². The lowest BCUT2D eigenvalue weighted by Gasteiger charge is -1.95. The van der Waals surface area contributed by atoms with Crippen LogP contribution in [0, 0.1) is 6.92 Å². The van der Waals surface area contributed by atoms with Crippen LogP contribution < -0.4 is 0 Å². The van der Waals surface area contributed by atoms with Gasteiger partial charge in [0, 0.05) is 9.90 Å². The molecule has 0 aliphatic carbocycles. The van der Waals surface area contributed by atoms with Crippen molar-refractivity contribution in [2.24, 2.45) is 0 Å². The van der Waals surface area contributed by atoms with Gasteiger partial charge in [0.2, 0.25) is 0 Å². The van der Waals surface area contributed by atoms with E-state index < -0.39 is 0 Å². The topological polar surface area (TPSA) is 38.7 Å². The molecule has 0 spiro atoms. The van der Waals surface area contributed by atoms with Crippen LogP contribution in [0.3, 0.4) is 0 Å². The molecule has 0 fully saturated rings. The summed E-state index contributed by atoms with van der Waals surface area (Å²) in [5.74, 6) is 0.696. The quantitative estimate of drug-likeness (QED) is 0.670. The van der Waals surface area contributed by atoms with Crippen LogP contribution in [0.15, 0.2) is 30.3 Å². The maximum absolute atomic E-state index is 5.87. The van der Waals surface area contributed by atoms with Crippen LogP contribution in [-0.4, -0.2) is 15.2 Å². The van der Waals surface area contributed by atoms with Gasteiger partial charge in [-0.1, -0.05) is 23.7 Å². The van der Waals surface area contributed by atoms with Crippen molar-refractivity contribution in [2.45, 2.75) is 6.92 Å². The molecule has 0 aliphatic heterocycles. The van der Waals surface area contributed by atoms with Crippen molar-refractivity contribution in [3.05, 3.63) is 41.2 Å². The Morgan fingerprint density at radius 2 is 1.88 bits per heavy atom. The molecular formula is C12H8ClN3S. The highest BCUT2D eigenvalue weighted by Crippen LogP contribution is 2.31. The van der Waals surface area contributed by atoms with E-state index in [1.54, 1.807) is 11.3 Å². The smallest absolute Gasteiger partial charge is 0.149 e. The molecule has 0 aliphatic rings. The second-order valence-corrected chi connectivity index (χ2v) is 5.13. The van der Waals surface area contributed by atoms with Crippen molar-refractivity contribution in [1.29, 1.82) is 0 Å². The number of benzene rings is 1. The zero-order valence-electron chi connectivity index (χ0n) is 9.01. The molecule has 17 heavy (non-hydrogen) atoms. The predicted molar refractivity (Wildman–Crippen MR) is 70.4 cm³/mol. The van der Waals surface area contributed by atoms with Gasteiger partial charge in [-0.3, -0.25) is 0 Å². The van der Waals surface area contributed by atoms with E-state index in [1.807, 2.05) is 37.3 Å². The third-order valence-corrected chi connectivity index (χ3v) is 3.71. The van der Waals surface area contributed by atoms with E-state index in [2.05, 4.69) is 15.2 Å². The first-order chi connectivity index (χ1) is 8.22. The number of rotatable bonds is 1. The molecule has 0 saturated carbocycles. The maximum atomic E-state index is 5.87. The standard InChI is InChI=1S/C12H8ClN3S/c1-7-14-12-10(16-15-7)6-11(17-12)8-2-4-9(13)5-3-8/h2-6H,1H3. The number of thiophene rings is 1. The predicted octanol–water partition coefficient (Wildman–Crippen LogP) is 3.72. The summed E-state index contributed by atoms with van der Waals surface area (Å²) < 4.78 is 0. The van der Waals surface area contributed by atoms with Gasteiger partial charge in [-0.2, -0.15) is 0 Å². The Labute approximate surface area is 107 Å². The molecule has 3 rings (SSSR count). The highest BCUT2D eigenvalue weighted by molar-refractivity contribution is 7.21. The Hall–Kier alpha value is -1.52. The van der Waals surface area contributed by atoms with Gasteiger partial charge in [-0.15, -0.1) is 21.5 Å². The Morgan fingerprint density at radius 3 is 2.65 bits per heavy atom. The minimum atomic E-state index is 0.696. The molecule has 84 valence electrons. The molecule has 0 unspecified atom stereocenters. The summed E-state index contributed by atoms with van der Waals surface area (Å²) in [5, 5.41) is 8.81. The van der Waals surface area contributed by atoms with Crippen molar-refractivity contribution in [3.63, 3.8) is 0 Å². The molecule has 1 aromatic carbocycles. The summed E-state index contributed by atoms with van der Waals surface area (Å²) in [5.41, 5.74) is 1.96. The zero-order chi connectivity index (χ0) is 11.8. The van der Waals surface area contributed by atoms with E-state index in [0.29, 0.717) is 5.82 Å². The Kier molecular flexibility index (Phi) is 2.53. The zero-order valence-corrected chi connectivity index (χ0v) is 10.6. The largest absolute Gasteiger partial charge is 0.219 e. The van der Waals surface area contributed by atoms with Gasteiger partial charge in [0.25, 0.3) is 0 Å². The van der Waals surface area contributed by atoms with Crippen LogP contribution in [-0.2, 0) is 0 Å². The minimum Gasteiger partial charge on any atom is -0.219 e. The average molecular weight is 262 g/mol. The molecule has 5 heteroatoms. The molecule has 0 saturated heterocycles. The third kappa shape index (κ3) is 2.01. The molecular weight excluding hydrogens is 254 g/mol. The SMILES string of the molecule is Cc1nnc2cc(-c3ccc(Cl)cc3)sc2n1. The van der Waals surface area contributed by atoms with E-state index >= 15 is 0 Å². The minimum absolute atomic E-state index is 0.696. The van der Waals surface area contributed by atoms with Gasteiger partial charge in [0.05, 0.1) is 0 Å². The van der Waals surface area contributed by atoms with Gasteiger partial charge in [0.1, 0.15) is 16.2 Å². The van der Waals surface area contributed by atoms with Crippen molar-refractivity contribution in [1.82, 2.24) is 15.2 Å². The van der Waals surface area contributed by atoms with Crippen molar-refractivity contribution >= 4 is 33.3 Å². The average Bonchev–Trinajstić information content (AvgIpc) is 2.72. The maximum Gasteiger partial charge on any atom is 0.149 e. The number of aryl methyl sites for hydroxylation is 1. The lowest BCUT2D eigenvalue weighted by Crippen LogP contribution is -1.88. The summed E-state index contributed by atoms with van der Waals surface area (Å²) in [6, 6.07) is 9.75. The lowest BCUT2D eigenvalue weighted by atomic mass is 10.2. The lowest BCUT2D eigenvalue weighted by molar-refractivity contribution is 0.957. The molecule has 2 heterocycles. The molecule has 3 nitrogen and oxygen atoms in total. The molecule has 2 aromatic heterocycles. The summed E-state index contributed by atoms with van der Waals surface area (Å²) in [6.07, 6.45) is 0. The van der Waals surface area contributed by atoms with Gasteiger partial charge in [-0.05, 0) is 30.7 Å². The molecule has 3 aromatic rings. The highest BCUT2D eigenvalue weighted by Gasteiger charge is 2.07. The van der Waals surface area contributed by atoms with Crippen molar-refractivity contribution < 1.29 is 0 Å². The summed E-state index contributed by atoms with van der Waals surface area (Å²) >= 11 is 7.48. The summed E-state index contributed by atoms with van der Waals surface area (Å²) in [7, 11) is 0. The van der Waals surface area contributed by atoms with E-state index in [-0.39, 0.29) is 0 Å². The Balaban J connectivity index is 2.14. The van der Waals surface area contributed by atoms with Crippen LogP contribution in [0.5, 0.6) is 0 Å². The molecule has 0 bridgehead atoms. The Bertz CT molecular complexity index is 676. The molecule has 0 atom stereocenters. The van der Waals surface area contributed by atoms with Crippen LogP contribution >= 0.6 is 22.9 Å². The number of hydrogen-bond acceptors (Lipinski definition) is 4. The van der Waals surface area contributed by atoms with Gasteiger partial charge in [0.15, 0.2) is 0 Å². The van der Waals surface area contributed by atoms with Gasteiger partial charge < -0.3 is 0 Å². The first-order valence-corrected chi connectivity index (χ1v) is 6.28. The first kappa shape index (κ1) is 10.6. The molecule has 0 radical (unpaired) electrons. The van der Waals surface area contributed by atoms with Crippen LogP contribution in [0.1, 0.15) is 5.82 Å². The third-order valence-electron chi connectivity index (χ3n) is 2.39. The summed E-state index contributed by atoms with van der Waals surface area (Å²) in [6.45, 7) is 1.84. The second-order valence-electron chi connectivity index (χ2n) is 3.67. The number of fused-ring (bicyclic) bond motifs is 1. The fourth-order valence-electron chi connectivity index (χ4n) is 1.58. The number of hydrogen-bond donors (Lipinski definition) is 0. The van der Waals surface area contributed by atoms with Crippen molar-refractivity contribution in [2.75, 3.05) is 0 Å². The fourth-order valence-corrected chi connectivity index (χ4v) is 2.72. The summed E-state index contributed by atoms with van der Waals surface area (Å²) in [4.78, 5) is 6.41. The number of halogens is 1. The normalized spacial score (nSPS) is 10.9. The van der Waals surface area contributed by atoms with Crippen LogP contribution in [0.4, 0.5) is 0 Å². The molecule has 0 N–H and O–H groups in total. The number of nitrogens with zero attached hydrogens (tertiary/aromatic N) is 3. The molecule has 0 amide bonds. The van der Waals surface area contributed by atoms with E-state index in [4.69, 9.17) is 11.6 Å². The van der Waals surface area contributed by atoms with Crippen LogP contribution in [0.2, 0.25) is 5.02 Å². The van der Waals surface area contributed by atoms with Gasteiger partial charge in [-0.25, -0.2) is 4.98 Å². The van der Waals surface area contributed by atoms with Crippen molar-refractivity contribution in [3.8, 4) is 10.4 Å². The van der Waals surface area contributed by atoms with E-state index in [9.17, 15) is 0 Å².